The van der Waals surface area contributed by atoms with Gasteiger partial charge < -0.3 is 5.32 Å². The zero-order valence-corrected chi connectivity index (χ0v) is 10.5. The van der Waals surface area contributed by atoms with Crippen LogP contribution in [-0.2, 0) is 11.3 Å². The van der Waals surface area contributed by atoms with E-state index in [1.54, 1.807) is 0 Å². The van der Waals surface area contributed by atoms with Crippen molar-refractivity contribution in [2.24, 2.45) is 5.92 Å². The van der Waals surface area contributed by atoms with Crippen molar-refractivity contribution in [2.45, 2.75) is 38.6 Å². The van der Waals surface area contributed by atoms with E-state index in [9.17, 15) is 18.0 Å². The average molecular weight is 271 g/mol. The molecule has 0 heterocycles. The Balaban J connectivity index is 1.95. The number of halogens is 3. The fraction of sp³-hybridized carbons (Fsp3) is 0.500. The minimum absolute atomic E-state index is 0.0388. The Morgan fingerprint density at radius 1 is 1.11 bits per heavy atom. The zero-order chi connectivity index (χ0) is 13.8. The molecule has 0 aromatic heterocycles. The van der Waals surface area contributed by atoms with E-state index in [4.69, 9.17) is 0 Å². The molecule has 0 saturated heterocycles. The van der Waals surface area contributed by atoms with Gasteiger partial charge in [-0.05, 0) is 18.9 Å². The van der Waals surface area contributed by atoms with Crippen LogP contribution in [0.15, 0.2) is 12.1 Å². The summed E-state index contributed by atoms with van der Waals surface area (Å²) in [4.78, 5) is 11.8. The first-order valence-electron chi connectivity index (χ1n) is 6.49. The van der Waals surface area contributed by atoms with Crippen molar-refractivity contribution in [1.82, 2.24) is 5.32 Å². The van der Waals surface area contributed by atoms with Crippen LogP contribution in [0.3, 0.4) is 0 Å². The predicted octanol–water partition coefficient (Wildman–Crippen LogP) is 3.30. The van der Waals surface area contributed by atoms with Gasteiger partial charge in [0.2, 0.25) is 5.91 Å². The van der Waals surface area contributed by atoms with E-state index < -0.39 is 17.5 Å². The fourth-order valence-electron chi connectivity index (χ4n) is 2.39. The van der Waals surface area contributed by atoms with Crippen LogP contribution in [0.1, 0.15) is 37.7 Å². The molecule has 19 heavy (non-hydrogen) atoms. The average Bonchev–Trinajstić information content (AvgIpc) is 2.45. The monoisotopic (exact) mass is 271 g/mol. The molecule has 0 unspecified atom stereocenters. The molecule has 1 aromatic carbocycles. The molecule has 0 spiro atoms. The van der Waals surface area contributed by atoms with Crippen molar-refractivity contribution in [3.63, 3.8) is 0 Å². The summed E-state index contributed by atoms with van der Waals surface area (Å²) in [6.45, 7) is -0.113. The molecule has 1 amide bonds. The third kappa shape index (κ3) is 3.28. The fourth-order valence-corrected chi connectivity index (χ4v) is 2.39. The Labute approximate surface area is 110 Å². The summed E-state index contributed by atoms with van der Waals surface area (Å²) in [5.74, 6) is -4.13. The van der Waals surface area contributed by atoms with Crippen molar-refractivity contribution in [1.29, 1.82) is 0 Å². The number of amides is 1. The van der Waals surface area contributed by atoms with Crippen LogP contribution in [0.2, 0.25) is 0 Å². The summed E-state index contributed by atoms with van der Waals surface area (Å²) < 4.78 is 39.1. The highest BCUT2D eigenvalue weighted by atomic mass is 19.2. The third-order valence-corrected chi connectivity index (χ3v) is 3.54. The molecule has 0 radical (unpaired) electrons. The molecule has 0 atom stereocenters. The number of nitrogens with one attached hydrogen (secondary N) is 1. The normalized spacial score (nSPS) is 16.4. The number of rotatable bonds is 3. The van der Waals surface area contributed by atoms with Crippen molar-refractivity contribution in [3.05, 3.63) is 35.1 Å². The molecule has 0 aliphatic heterocycles. The lowest BCUT2D eigenvalue weighted by Crippen LogP contribution is -2.31. The molecule has 1 aromatic rings. The Bertz CT molecular complexity index is 470. The highest BCUT2D eigenvalue weighted by Gasteiger charge is 2.21. The van der Waals surface area contributed by atoms with E-state index in [1.165, 1.54) is 0 Å². The number of carbonyl (C=O) groups excluding carboxylic acids is 1. The molecule has 1 aliphatic rings. The highest BCUT2D eigenvalue weighted by Crippen LogP contribution is 2.24. The largest absolute Gasteiger partial charge is 0.352 e. The van der Waals surface area contributed by atoms with Gasteiger partial charge in [-0.25, -0.2) is 13.2 Å². The lowest BCUT2D eigenvalue weighted by atomic mass is 9.88. The maximum absolute atomic E-state index is 13.4. The van der Waals surface area contributed by atoms with Crippen molar-refractivity contribution >= 4 is 5.91 Å². The number of hydrogen-bond acceptors (Lipinski definition) is 1. The molecular formula is C14H16F3NO. The van der Waals surface area contributed by atoms with Gasteiger partial charge in [0.05, 0.1) is 0 Å². The van der Waals surface area contributed by atoms with E-state index >= 15 is 0 Å². The first kappa shape index (κ1) is 13.9. The van der Waals surface area contributed by atoms with Crippen LogP contribution in [0.4, 0.5) is 13.2 Å². The van der Waals surface area contributed by atoms with Gasteiger partial charge in [-0.15, -0.1) is 0 Å². The Kier molecular flexibility index (Phi) is 4.45. The molecule has 1 aliphatic carbocycles. The summed E-state index contributed by atoms with van der Waals surface area (Å²) >= 11 is 0. The van der Waals surface area contributed by atoms with Gasteiger partial charge in [0.15, 0.2) is 17.5 Å². The molecule has 1 saturated carbocycles. The van der Waals surface area contributed by atoms with Gasteiger partial charge in [-0.2, -0.15) is 0 Å². The van der Waals surface area contributed by atoms with Crippen LogP contribution in [-0.4, -0.2) is 5.91 Å². The van der Waals surface area contributed by atoms with Crippen LogP contribution in [0.5, 0.6) is 0 Å². The van der Waals surface area contributed by atoms with Crippen LogP contribution < -0.4 is 5.32 Å². The Morgan fingerprint density at radius 3 is 2.47 bits per heavy atom. The number of carbonyl (C=O) groups is 1. The smallest absolute Gasteiger partial charge is 0.223 e. The van der Waals surface area contributed by atoms with Crippen LogP contribution in [0, 0.1) is 23.4 Å². The zero-order valence-electron chi connectivity index (χ0n) is 10.5. The topological polar surface area (TPSA) is 29.1 Å². The van der Waals surface area contributed by atoms with Crippen molar-refractivity contribution < 1.29 is 18.0 Å². The molecule has 2 rings (SSSR count). The van der Waals surface area contributed by atoms with Crippen molar-refractivity contribution in [3.8, 4) is 0 Å². The minimum Gasteiger partial charge on any atom is -0.352 e. The summed E-state index contributed by atoms with van der Waals surface area (Å²) in [5.41, 5.74) is -0.0388. The summed E-state index contributed by atoms with van der Waals surface area (Å²) in [6, 6.07) is 2.01. The molecule has 0 bridgehead atoms. The molecule has 1 N–H and O–H groups in total. The van der Waals surface area contributed by atoms with Gasteiger partial charge in [-0.1, -0.05) is 25.3 Å². The second kappa shape index (κ2) is 6.08. The summed E-state index contributed by atoms with van der Waals surface area (Å²) in [6.07, 6.45) is 4.87. The maximum Gasteiger partial charge on any atom is 0.223 e. The standard InChI is InChI=1S/C14H16F3NO/c15-11-7-6-10(12(16)13(11)17)8-18-14(19)9-4-2-1-3-5-9/h6-7,9H,1-5,8H2,(H,18,19). The summed E-state index contributed by atoms with van der Waals surface area (Å²) in [7, 11) is 0. The molecular weight excluding hydrogens is 255 g/mol. The first-order valence-corrected chi connectivity index (χ1v) is 6.49. The van der Waals surface area contributed by atoms with Gasteiger partial charge in [-0.3, -0.25) is 4.79 Å². The number of hydrogen-bond donors (Lipinski definition) is 1. The Hall–Kier alpha value is -1.52. The molecule has 1 fully saturated rings. The van der Waals surface area contributed by atoms with E-state index in [-0.39, 0.29) is 23.9 Å². The van der Waals surface area contributed by atoms with E-state index in [2.05, 4.69) is 5.32 Å². The van der Waals surface area contributed by atoms with Crippen molar-refractivity contribution in [2.75, 3.05) is 0 Å². The first-order chi connectivity index (χ1) is 9.09. The molecule has 104 valence electrons. The third-order valence-electron chi connectivity index (χ3n) is 3.54. The van der Waals surface area contributed by atoms with Gasteiger partial charge in [0, 0.05) is 18.0 Å². The second-order valence-corrected chi connectivity index (χ2v) is 4.89. The van der Waals surface area contributed by atoms with Gasteiger partial charge in [0.25, 0.3) is 0 Å². The van der Waals surface area contributed by atoms with Crippen LogP contribution >= 0.6 is 0 Å². The van der Waals surface area contributed by atoms with E-state index in [0.29, 0.717) is 0 Å². The maximum atomic E-state index is 13.4. The minimum atomic E-state index is -1.50. The van der Waals surface area contributed by atoms with Gasteiger partial charge >= 0.3 is 0 Å². The molecule has 5 heteroatoms. The quantitative estimate of drug-likeness (QED) is 0.840. The number of benzene rings is 1. The van der Waals surface area contributed by atoms with Crippen LogP contribution in [0.25, 0.3) is 0 Å². The highest BCUT2D eigenvalue weighted by molar-refractivity contribution is 5.78. The lowest BCUT2D eigenvalue weighted by molar-refractivity contribution is -0.126. The lowest BCUT2D eigenvalue weighted by Gasteiger charge is -2.20. The predicted molar refractivity (Wildman–Crippen MR) is 64.7 cm³/mol. The summed E-state index contributed by atoms with van der Waals surface area (Å²) in [5, 5.41) is 2.59. The second-order valence-electron chi connectivity index (χ2n) is 4.89. The molecule has 2 nitrogen and oxygen atoms in total. The Morgan fingerprint density at radius 2 is 1.79 bits per heavy atom. The van der Waals surface area contributed by atoms with Gasteiger partial charge in [0.1, 0.15) is 0 Å². The SMILES string of the molecule is O=C(NCc1ccc(F)c(F)c1F)C1CCCCC1. The van der Waals surface area contributed by atoms with E-state index in [1.807, 2.05) is 0 Å². The van der Waals surface area contributed by atoms with E-state index in [0.717, 1.165) is 44.2 Å².